The number of nitrogens with one attached hydrogen (secondary N) is 1. The van der Waals surface area contributed by atoms with Crippen molar-refractivity contribution in [3.8, 4) is 0 Å². The molecule has 1 heterocycles. The van der Waals surface area contributed by atoms with Crippen molar-refractivity contribution < 1.29 is 9.90 Å². The first-order chi connectivity index (χ1) is 11.7. The molecule has 0 saturated carbocycles. The van der Waals surface area contributed by atoms with E-state index < -0.39 is 5.97 Å². The Morgan fingerprint density at radius 2 is 1.88 bits per heavy atom. The van der Waals surface area contributed by atoms with E-state index in [1.54, 1.807) is 0 Å². The van der Waals surface area contributed by atoms with Crippen LogP contribution in [-0.4, -0.2) is 27.2 Å². The standard InChI is InChI=1S/C19H21N3O2/c1-22-16-11-6-5-10-15(16)21-19(22)18(14-8-3-2-4-9-14)20-13-7-12-17(23)24/h2-6,8-11,18,20H,7,12-13H2,1H3,(H,23,24). The van der Waals surface area contributed by atoms with E-state index in [0.717, 1.165) is 22.4 Å². The van der Waals surface area contributed by atoms with Gasteiger partial charge in [-0.15, -0.1) is 0 Å². The molecule has 1 unspecified atom stereocenters. The molecule has 0 aliphatic rings. The van der Waals surface area contributed by atoms with Crippen LogP contribution < -0.4 is 5.32 Å². The van der Waals surface area contributed by atoms with E-state index in [0.29, 0.717) is 13.0 Å². The molecule has 0 aliphatic carbocycles. The number of benzene rings is 2. The molecule has 1 atom stereocenters. The third-order valence-corrected chi connectivity index (χ3v) is 4.13. The Kier molecular flexibility index (Phi) is 4.91. The number of fused-ring (bicyclic) bond motifs is 1. The zero-order valence-corrected chi connectivity index (χ0v) is 13.6. The molecule has 2 N–H and O–H groups in total. The van der Waals surface area contributed by atoms with Crippen LogP contribution in [0.4, 0.5) is 0 Å². The maximum Gasteiger partial charge on any atom is 0.303 e. The fourth-order valence-corrected chi connectivity index (χ4v) is 2.91. The van der Waals surface area contributed by atoms with Crippen molar-refractivity contribution in [2.24, 2.45) is 7.05 Å². The largest absolute Gasteiger partial charge is 0.481 e. The Balaban J connectivity index is 1.91. The van der Waals surface area contributed by atoms with Crippen LogP contribution in [0.15, 0.2) is 54.6 Å². The van der Waals surface area contributed by atoms with Gasteiger partial charge in [-0.2, -0.15) is 0 Å². The summed E-state index contributed by atoms with van der Waals surface area (Å²) in [6.45, 7) is 0.620. The van der Waals surface area contributed by atoms with Crippen molar-refractivity contribution in [1.82, 2.24) is 14.9 Å². The molecular formula is C19H21N3O2. The summed E-state index contributed by atoms with van der Waals surface area (Å²) in [6.07, 6.45) is 0.750. The summed E-state index contributed by atoms with van der Waals surface area (Å²) in [6, 6.07) is 18.1. The van der Waals surface area contributed by atoms with Gasteiger partial charge in [0.1, 0.15) is 5.82 Å². The van der Waals surface area contributed by atoms with Crippen LogP contribution in [0.3, 0.4) is 0 Å². The van der Waals surface area contributed by atoms with Gasteiger partial charge in [0.25, 0.3) is 0 Å². The third kappa shape index (κ3) is 3.46. The molecule has 0 amide bonds. The fraction of sp³-hybridized carbons (Fsp3) is 0.263. The monoisotopic (exact) mass is 323 g/mol. The van der Waals surface area contributed by atoms with Gasteiger partial charge in [-0.05, 0) is 30.7 Å². The van der Waals surface area contributed by atoms with Crippen LogP contribution in [0.1, 0.15) is 30.3 Å². The van der Waals surface area contributed by atoms with Crippen LogP contribution in [0, 0.1) is 0 Å². The van der Waals surface area contributed by atoms with E-state index in [1.807, 2.05) is 43.4 Å². The minimum Gasteiger partial charge on any atom is -0.481 e. The van der Waals surface area contributed by atoms with Crippen LogP contribution >= 0.6 is 0 Å². The van der Waals surface area contributed by atoms with Crippen molar-refractivity contribution in [3.63, 3.8) is 0 Å². The molecule has 3 aromatic rings. The number of hydrogen-bond donors (Lipinski definition) is 2. The minimum absolute atomic E-state index is 0.0719. The Bertz CT molecular complexity index is 827. The van der Waals surface area contributed by atoms with Crippen molar-refractivity contribution in [2.75, 3.05) is 6.54 Å². The summed E-state index contributed by atoms with van der Waals surface area (Å²) in [5, 5.41) is 12.3. The number of nitrogens with zero attached hydrogens (tertiary/aromatic N) is 2. The van der Waals surface area contributed by atoms with Gasteiger partial charge in [0.2, 0.25) is 0 Å². The summed E-state index contributed by atoms with van der Waals surface area (Å²) in [5.41, 5.74) is 3.16. The SMILES string of the molecule is Cn1c(C(NCCCC(=O)O)c2ccccc2)nc2ccccc21. The van der Waals surface area contributed by atoms with Gasteiger partial charge in [0, 0.05) is 13.5 Å². The molecule has 124 valence electrons. The average Bonchev–Trinajstić information content (AvgIpc) is 2.92. The highest BCUT2D eigenvalue weighted by atomic mass is 16.4. The normalized spacial score (nSPS) is 12.4. The molecule has 0 saturated heterocycles. The molecule has 2 aromatic carbocycles. The van der Waals surface area contributed by atoms with Crippen molar-refractivity contribution >= 4 is 17.0 Å². The number of rotatable bonds is 7. The number of aryl methyl sites for hydroxylation is 1. The Labute approximate surface area is 141 Å². The smallest absolute Gasteiger partial charge is 0.303 e. The molecule has 5 nitrogen and oxygen atoms in total. The zero-order chi connectivity index (χ0) is 16.9. The average molecular weight is 323 g/mol. The molecule has 0 fully saturated rings. The Morgan fingerprint density at radius 3 is 2.58 bits per heavy atom. The van der Waals surface area contributed by atoms with Gasteiger partial charge in [0.05, 0.1) is 17.1 Å². The molecule has 0 bridgehead atoms. The number of aromatic nitrogens is 2. The second-order valence-corrected chi connectivity index (χ2v) is 5.81. The lowest BCUT2D eigenvalue weighted by Gasteiger charge is -2.19. The second-order valence-electron chi connectivity index (χ2n) is 5.81. The Hall–Kier alpha value is -2.66. The van der Waals surface area contributed by atoms with E-state index in [4.69, 9.17) is 10.1 Å². The Morgan fingerprint density at radius 1 is 1.17 bits per heavy atom. The highest BCUT2D eigenvalue weighted by Crippen LogP contribution is 2.24. The summed E-state index contributed by atoms with van der Waals surface area (Å²) in [4.78, 5) is 15.5. The van der Waals surface area contributed by atoms with Crippen LogP contribution in [-0.2, 0) is 11.8 Å². The van der Waals surface area contributed by atoms with E-state index >= 15 is 0 Å². The van der Waals surface area contributed by atoms with Gasteiger partial charge in [-0.25, -0.2) is 4.98 Å². The maximum atomic E-state index is 10.7. The lowest BCUT2D eigenvalue weighted by atomic mass is 10.1. The van der Waals surface area contributed by atoms with Gasteiger partial charge in [-0.1, -0.05) is 42.5 Å². The first-order valence-electron chi connectivity index (χ1n) is 8.08. The second kappa shape index (κ2) is 7.27. The first-order valence-corrected chi connectivity index (χ1v) is 8.08. The van der Waals surface area contributed by atoms with Crippen LogP contribution in [0.2, 0.25) is 0 Å². The van der Waals surface area contributed by atoms with E-state index in [-0.39, 0.29) is 12.5 Å². The van der Waals surface area contributed by atoms with E-state index in [1.165, 1.54) is 0 Å². The number of carbonyl (C=O) groups is 1. The predicted octanol–water partition coefficient (Wildman–Crippen LogP) is 3.12. The first kappa shape index (κ1) is 16.2. The van der Waals surface area contributed by atoms with Gasteiger partial charge < -0.3 is 15.0 Å². The third-order valence-electron chi connectivity index (χ3n) is 4.13. The van der Waals surface area contributed by atoms with Crippen molar-refractivity contribution in [2.45, 2.75) is 18.9 Å². The molecule has 3 rings (SSSR count). The number of para-hydroxylation sites is 2. The number of carboxylic acids is 1. The van der Waals surface area contributed by atoms with Gasteiger partial charge in [0.15, 0.2) is 0 Å². The number of aliphatic carboxylic acids is 1. The lowest BCUT2D eigenvalue weighted by molar-refractivity contribution is -0.137. The highest BCUT2D eigenvalue weighted by Gasteiger charge is 2.19. The van der Waals surface area contributed by atoms with Gasteiger partial charge >= 0.3 is 5.97 Å². The molecule has 0 aliphatic heterocycles. The predicted molar refractivity (Wildman–Crippen MR) is 93.9 cm³/mol. The number of imidazole rings is 1. The number of hydrogen-bond acceptors (Lipinski definition) is 3. The minimum atomic E-state index is -0.768. The van der Waals surface area contributed by atoms with E-state index in [2.05, 4.69) is 28.1 Å². The summed E-state index contributed by atoms with van der Waals surface area (Å²) in [5.74, 6) is 0.161. The molecule has 24 heavy (non-hydrogen) atoms. The van der Waals surface area contributed by atoms with Crippen molar-refractivity contribution in [1.29, 1.82) is 0 Å². The summed E-state index contributed by atoms with van der Waals surface area (Å²) in [7, 11) is 2.01. The maximum absolute atomic E-state index is 10.7. The van der Waals surface area contributed by atoms with Crippen LogP contribution in [0.25, 0.3) is 11.0 Å². The highest BCUT2D eigenvalue weighted by molar-refractivity contribution is 5.76. The zero-order valence-electron chi connectivity index (χ0n) is 13.6. The molecule has 5 heteroatoms. The topological polar surface area (TPSA) is 67.2 Å². The van der Waals surface area contributed by atoms with Gasteiger partial charge in [-0.3, -0.25) is 4.79 Å². The lowest BCUT2D eigenvalue weighted by Crippen LogP contribution is -2.26. The molecular weight excluding hydrogens is 302 g/mol. The van der Waals surface area contributed by atoms with Crippen molar-refractivity contribution in [3.05, 3.63) is 66.0 Å². The quantitative estimate of drug-likeness (QED) is 0.656. The van der Waals surface area contributed by atoms with Crippen LogP contribution in [0.5, 0.6) is 0 Å². The molecule has 0 radical (unpaired) electrons. The summed E-state index contributed by atoms with van der Waals surface area (Å²) >= 11 is 0. The molecule has 1 aromatic heterocycles. The summed E-state index contributed by atoms with van der Waals surface area (Å²) < 4.78 is 2.09. The number of carboxylic acid groups (broad SMARTS) is 1. The van der Waals surface area contributed by atoms with E-state index in [9.17, 15) is 4.79 Å². The fourth-order valence-electron chi connectivity index (χ4n) is 2.91. The molecule has 0 spiro atoms.